The first kappa shape index (κ1) is 17.5. The molecule has 2 unspecified atom stereocenters. The summed E-state index contributed by atoms with van der Waals surface area (Å²) in [6.07, 6.45) is 1.16. The normalized spacial score (nSPS) is 14.4. The fraction of sp³-hybridized carbons (Fsp3) is 0.647. The van der Waals surface area contributed by atoms with Gasteiger partial charge in [-0.2, -0.15) is 0 Å². The van der Waals surface area contributed by atoms with Crippen LogP contribution in [0.3, 0.4) is 0 Å². The predicted molar refractivity (Wildman–Crippen MR) is 93.6 cm³/mol. The van der Waals surface area contributed by atoms with E-state index in [2.05, 4.69) is 86.0 Å². The van der Waals surface area contributed by atoms with Crippen molar-refractivity contribution in [2.24, 2.45) is 5.92 Å². The third kappa shape index (κ3) is 4.49. The standard InChI is InChI=1S/C17H29BrN2/c1-7-10-19-13(4)16-9-8-15(18)11-17(16)20(6)14(5)12(2)3/h8-9,11-14,19H,7,10H2,1-6H3. The van der Waals surface area contributed by atoms with Gasteiger partial charge in [0.1, 0.15) is 0 Å². The van der Waals surface area contributed by atoms with Gasteiger partial charge in [0.05, 0.1) is 0 Å². The molecule has 0 fully saturated rings. The van der Waals surface area contributed by atoms with Crippen LogP contribution in [0, 0.1) is 5.92 Å². The molecule has 3 heteroatoms. The molecule has 0 saturated heterocycles. The molecule has 1 aromatic rings. The van der Waals surface area contributed by atoms with Gasteiger partial charge in [-0.15, -0.1) is 0 Å². The zero-order valence-corrected chi connectivity index (χ0v) is 15.3. The Morgan fingerprint density at radius 2 is 1.85 bits per heavy atom. The van der Waals surface area contributed by atoms with E-state index < -0.39 is 0 Å². The van der Waals surface area contributed by atoms with Crippen LogP contribution >= 0.6 is 15.9 Å². The molecular formula is C17H29BrN2. The van der Waals surface area contributed by atoms with Gasteiger partial charge >= 0.3 is 0 Å². The molecule has 0 aromatic heterocycles. The Balaban J connectivity index is 3.06. The molecule has 1 rings (SSSR count). The molecule has 0 bridgehead atoms. The van der Waals surface area contributed by atoms with Crippen molar-refractivity contribution in [3.05, 3.63) is 28.2 Å². The number of rotatable bonds is 7. The van der Waals surface area contributed by atoms with Gasteiger partial charge in [-0.05, 0) is 50.4 Å². The lowest BCUT2D eigenvalue weighted by molar-refractivity contribution is 0.501. The molecule has 0 aliphatic carbocycles. The summed E-state index contributed by atoms with van der Waals surface area (Å²) in [4.78, 5) is 2.40. The van der Waals surface area contributed by atoms with Crippen molar-refractivity contribution in [3.63, 3.8) is 0 Å². The average molecular weight is 341 g/mol. The highest BCUT2D eigenvalue weighted by molar-refractivity contribution is 9.10. The maximum absolute atomic E-state index is 3.61. The van der Waals surface area contributed by atoms with Crippen LogP contribution in [0.2, 0.25) is 0 Å². The van der Waals surface area contributed by atoms with Gasteiger partial charge in [0, 0.05) is 29.3 Å². The first-order valence-electron chi connectivity index (χ1n) is 7.64. The molecule has 0 aliphatic rings. The fourth-order valence-corrected chi connectivity index (χ4v) is 2.67. The van der Waals surface area contributed by atoms with Gasteiger partial charge in [-0.3, -0.25) is 0 Å². The first-order chi connectivity index (χ1) is 9.38. The smallest absolute Gasteiger partial charge is 0.0425 e. The summed E-state index contributed by atoms with van der Waals surface area (Å²) in [7, 11) is 2.20. The van der Waals surface area contributed by atoms with E-state index in [1.165, 1.54) is 11.3 Å². The van der Waals surface area contributed by atoms with Crippen LogP contribution in [0.1, 0.15) is 52.6 Å². The summed E-state index contributed by atoms with van der Waals surface area (Å²) in [5.41, 5.74) is 2.69. The summed E-state index contributed by atoms with van der Waals surface area (Å²) in [6.45, 7) is 12.3. The Bertz CT molecular complexity index is 417. The van der Waals surface area contributed by atoms with Crippen LogP contribution in [0.15, 0.2) is 22.7 Å². The van der Waals surface area contributed by atoms with Crippen molar-refractivity contribution in [3.8, 4) is 0 Å². The van der Waals surface area contributed by atoms with Crippen LogP contribution in [-0.4, -0.2) is 19.6 Å². The summed E-state index contributed by atoms with van der Waals surface area (Å²) in [5, 5.41) is 3.59. The molecule has 0 radical (unpaired) electrons. The van der Waals surface area contributed by atoms with Crippen molar-refractivity contribution in [1.29, 1.82) is 0 Å². The highest BCUT2D eigenvalue weighted by Crippen LogP contribution is 2.31. The Morgan fingerprint density at radius 3 is 2.40 bits per heavy atom. The number of benzene rings is 1. The minimum absolute atomic E-state index is 0.375. The van der Waals surface area contributed by atoms with E-state index in [1.807, 2.05) is 0 Å². The maximum atomic E-state index is 3.61. The topological polar surface area (TPSA) is 15.3 Å². The molecule has 1 aromatic carbocycles. The van der Waals surface area contributed by atoms with Gasteiger partial charge in [-0.25, -0.2) is 0 Å². The van der Waals surface area contributed by atoms with E-state index >= 15 is 0 Å². The van der Waals surface area contributed by atoms with Gasteiger partial charge in [0.15, 0.2) is 0 Å². The van der Waals surface area contributed by atoms with Crippen molar-refractivity contribution in [2.75, 3.05) is 18.5 Å². The Kier molecular flexibility index (Phi) is 7.04. The van der Waals surface area contributed by atoms with Crippen LogP contribution in [-0.2, 0) is 0 Å². The highest BCUT2D eigenvalue weighted by atomic mass is 79.9. The second-order valence-corrected chi connectivity index (χ2v) is 6.89. The van der Waals surface area contributed by atoms with E-state index in [0.29, 0.717) is 18.0 Å². The highest BCUT2D eigenvalue weighted by Gasteiger charge is 2.19. The fourth-order valence-electron chi connectivity index (χ4n) is 2.33. The zero-order chi connectivity index (χ0) is 15.3. The number of anilines is 1. The molecule has 0 spiro atoms. The van der Waals surface area contributed by atoms with E-state index in [1.54, 1.807) is 0 Å². The number of hydrogen-bond acceptors (Lipinski definition) is 2. The first-order valence-corrected chi connectivity index (χ1v) is 8.43. The van der Waals surface area contributed by atoms with Gasteiger partial charge in [0.2, 0.25) is 0 Å². The molecule has 1 N–H and O–H groups in total. The molecule has 0 heterocycles. The third-order valence-electron chi connectivity index (χ3n) is 4.12. The quantitative estimate of drug-likeness (QED) is 0.752. The summed E-state index contributed by atoms with van der Waals surface area (Å²) in [6, 6.07) is 7.49. The Morgan fingerprint density at radius 1 is 1.20 bits per heavy atom. The molecular weight excluding hydrogens is 312 g/mol. The van der Waals surface area contributed by atoms with Crippen molar-refractivity contribution in [2.45, 2.75) is 53.1 Å². The van der Waals surface area contributed by atoms with Gasteiger partial charge in [-0.1, -0.05) is 42.8 Å². The lowest BCUT2D eigenvalue weighted by Crippen LogP contribution is -2.34. The predicted octanol–water partition coefficient (Wildman–Crippen LogP) is 4.99. The van der Waals surface area contributed by atoms with Crippen molar-refractivity contribution >= 4 is 21.6 Å². The number of halogens is 1. The summed E-state index contributed by atoms with van der Waals surface area (Å²) < 4.78 is 1.14. The SMILES string of the molecule is CCCNC(C)c1ccc(Br)cc1N(C)C(C)C(C)C. The summed E-state index contributed by atoms with van der Waals surface area (Å²) in [5.74, 6) is 0.630. The second-order valence-electron chi connectivity index (χ2n) is 5.97. The molecule has 0 amide bonds. The Hall–Kier alpha value is -0.540. The van der Waals surface area contributed by atoms with Crippen LogP contribution in [0.4, 0.5) is 5.69 Å². The molecule has 20 heavy (non-hydrogen) atoms. The molecule has 114 valence electrons. The van der Waals surface area contributed by atoms with E-state index in [0.717, 1.165) is 17.4 Å². The zero-order valence-electron chi connectivity index (χ0n) is 13.7. The number of nitrogens with zero attached hydrogens (tertiary/aromatic N) is 1. The minimum Gasteiger partial charge on any atom is -0.371 e. The van der Waals surface area contributed by atoms with Crippen molar-refractivity contribution < 1.29 is 0 Å². The van der Waals surface area contributed by atoms with E-state index in [4.69, 9.17) is 0 Å². The second kappa shape index (κ2) is 8.04. The average Bonchev–Trinajstić information content (AvgIpc) is 2.42. The molecule has 0 saturated carbocycles. The monoisotopic (exact) mass is 340 g/mol. The molecule has 2 atom stereocenters. The molecule has 2 nitrogen and oxygen atoms in total. The lowest BCUT2D eigenvalue weighted by atomic mass is 10.0. The lowest BCUT2D eigenvalue weighted by Gasteiger charge is -2.33. The summed E-state index contributed by atoms with van der Waals surface area (Å²) >= 11 is 3.61. The van der Waals surface area contributed by atoms with Gasteiger partial charge in [0.25, 0.3) is 0 Å². The van der Waals surface area contributed by atoms with Crippen LogP contribution in [0.25, 0.3) is 0 Å². The maximum Gasteiger partial charge on any atom is 0.0425 e. The molecule has 0 aliphatic heterocycles. The largest absolute Gasteiger partial charge is 0.371 e. The van der Waals surface area contributed by atoms with Gasteiger partial charge < -0.3 is 10.2 Å². The Labute approximate surface area is 133 Å². The van der Waals surface area contributed by atoms with Crippen molar-refractivity contribution in [1.82, 2.24) is 5.32 Å². The number of nitrogens with one attached hydrogen (secondary N) is 1. The third-order valence-corrected chi connectivity index (χ3v) is 4.61. The van der Waals surface area contributed by atoms with E-state index in [-0.39, 0.29) is 0 Å². The number of hydrogen-bond donors (Lipinski definition) is 1. The van der Waals surface area contributed by atoms with Crippen LogP contribution in [0.5, 0.6) is 0 Å². The van der Waals surface area contributed by atoms with E-state index in [9.17, 15) is 0 Å². The minimum atomic E-state index is 0.375. The van der Waals surface area contributed by atoms with Crippen LogP contribution < -0.4 is 10.2 Å².